The Morgan fingerprint density at radius 2 is 2.00 bits per heavy atom. The van der Waals surface area contributed by atoms with Crippen molar-refractivity contribution in [3.63, 3.8) is 0 Å². The Labute approximate surface area is 177 Å². The van der Waals surface area contributed by atoms with Gasteiger partial charge in [-0.1, -0.05) is 26.8 Å². The molecule has 0 aliphatic rings. The van der Waals surface area contributed by atoms with Gasteiger partial charge in [0, 0.05) is 30.8 Å². The van der Waals surface area contributed by atoms with Crippen LogP contribution >= 0.6 is 11.5 Å². The number of rotatable bonds is 9. The summed E-state index contributed by atoms with van der Waals surface area (Å²) in [6.45, 7) is 13.8. The van der Waals surface area contributed by atoms with Gasteiger partial charge < -0.3 is 9.64 Å². The van der Waals surface area contributed by atoms with Gasteiger partial charge in [0.25, 0.3) is 5.19 Å². The van der Waals surface area contributed by atoms with E-state index in [1.165, 1.54) is 22.7 Å². The molecule has 2 heterocycles. The van der Waals surface area contributed by atoms with E-state index >= 15 is 0 Å². The first-order valence-corrected chi connectivity index (χ1v) is 11.0. The number of hydrogen-bond acceptors (Lipinski definition) is 6. The Balaban J connectivity index is 1.70. The van der Waals surface area contributed by atoms with Gasteiger partial charge >= 0.3 is 0 Å². The zero-order valence-electron chi connectivity index (χ0n) is 18.3. The second-order valence-electron chi connectivity index (χ2n) is 8.02. The predicted octanol–water partition coefficient (Wildman–Crippen LogP) is 4.96. The third-order valence-corrected chi connectivity index (χ3v) is 5.58. The van der Waals surface area contributed by atoms with Crippen LogP contribution in [0, 0.1) is 19.8 Å². The zero-order valence-corrected chi connectivity index (χ0v) is 19.1. The Bertz CT molecular complexity index is 947. The fourth-order valence-corrected chi connectivity index (χ4v) is 3.68. The normalized spacial score (nSPS) is 11.6. The summed E-state index contributed by atoms with van der Waals surface area (Å²) >= 11 is 1.27. The third-order valence-electron chi connectivity index (χ3n) is 4.98. The molecular formula is C22H31N5OS. The fourth-order valence-electron chi connectivity index (χ4n) is 3.11. The average Bonchev–Trinajstić information content (AvgIpc) is 3.32. The van der Waals surface area contributed by atoms with Crippen molar-refractivity contribution in [2.75, 3.05) is 20.1 Å². The molecule has 0 aliphatic heterocycles. The quantitative estimate of drug-likeness (QED) is 0.496. The maximum absolute atomic E-state index is 6.07. The third kappa shape index (κ3) is 5.64. The summed E-state index contributed by atoms with van der Waals surface area (Å²) in [4.78, 5) is 6.88. The van der Waals surface area contributed by atoms with E-state index in [-0.39, 0.29) is 0 Å². The molecule has 0 spiro atoms. The van der Waals surface area contributed by atoms with E-state index in [2.05, 4.69) is 73.2 Å². The number of hydrogen-bond donors (Lipinski definition) is 0. The van der Waals surface area contributed by atoms with Gasteiger partial charge in [0.1, 0.15) is 5.75 Å². The van der Waals surface area contributed by atoms with Gasteiger partial charge in [-0.25, -0.2) is 0 Å². The van der Waals surface area contributed by atoms with Crippen LogP contribution in [-0.4, -0.2) is 44.2 Å². The summed E-state index contributed by atoms with van der Waals surface area (Å²) in [6, 6.07) is 4.34. The molecule has 3 aromatic rings. The molecule has 0 saturated heterocycles. The highest BCUT2D eigenvalue weighted by molar-refractivity contribution is 7.07. The van der Waals surface area contributed by atoms with E-state index in [1.54, 1.807) is 0 Å². The summed E-state index contributed by atoms with van der Waals surface area (Å²) in [6.07, 6.45) is 4.84. The largest absolute Gasteiger partial charge is 0.430 e. The van der Waals surface area contributed by atoms with E-state index in [1.807, 2.05) is 17.1 Å². The van der Waals surface area contributed by atoms with Crippen molar-refractivity contribution >= 4 is 11.5 Å². The minimum absolute atomic E-state index is 0.543. The molecule has 0 N–H and O–H groups in total. The van der Waals surface area contributed by atoms with Crippen molar-refractivity contribution in [3.05, 3.63) is 41.2 Å². The molecule has 7 heteroatoms. The van der Waals surface area contributed by atoms with Crippen molar-refractivity contribution in [1.29, 1.82) is 0 Å². The lowest BCUT2D eigenvalue weighted by atomic mass is 10.0. The lowest BCUT2D eigenvalue weighted by Crippen LogP contribution is -2.20. The van der Waals surface area contributed by atoms with Crippen molar-refractivity contribution in [2.45, 2.75) is 47.6 Å². The number of benzene rings is 1. The van der Waals surface area contributed by atoms with E-state index in [4.69, 9.17) is 4.74 Å². The molecule has 0 amide bonds. The molecule has 0 fully saturated rings. The number of nitrogens with zero attached hydrogens (tertiary/aromatic N) is 5. The molecule has 6 nitrogen and oxygen atoms in total. The predicted molar refractivity (Wildman–Crippen MR) is 119 cm³/mol. The minimum Gasteiger partial charge on any atom is -0.430 e. The summed E-state index contributed by atoms with van der Waals surface area (Å²) < 4.78 is 12.5. The van der Waals surface area contributed by atoms with Crippen LogP contribution in [0.15, 0.2) is 24.5 Å². The van der Waals surface area contributed by atoms with E-state index < -0.39 is 0 Å². The molecule has 2 aromatic heterocycles. The molecular weight excluding hydrogens is 382 g/mol. The topological polar surface area (TPSA) is 56.1 Å². The average molecular weight is 414 g/mol. The van der Waals surface area contributed by atoms with Gasteiger partial charge in [-0.15, -0.1) is 0 Å². The van der Waals surface area contributed by atoms with Crippen molar-refractivity contribution in [1.82, 2.24) is 24.0 Å². The summed E-state index contributed by atoms with van der Waals surface area (Å²) in [5.74, 6) is 2.04. The molecule has 0 saturated carbocycles. The van der Waals surface area contributed by atoms with Crippen LogP contribution in [-0.2, 0) is 13.0 Å². The van der Waals surface area contributed by atoms with Crippen LogP contribution in [0.5, 0.6) is 10.9 Å². The van der Waals surface area contributed by atoms with Gasteiger partial charge in [0.15, 0.2) is 5.82 Å². The maximum atomic E-state index is 6.07. The smallest absolute Gasteiger partial charge is 0.299 e. The molecule has 0 radical (unpaired) electrons. The van der Waals surface area contributed by atoms with Gasteiger partial charge in [-0.05, 0) is 62.5 Å². The Morgan fingerprint density at radius 3 is 2.72 bits per heavy atom. The van der Waals surface area contributed by atoms with Gasteiger partial charge in [-0.2, -0.15) is 14.5 Å². The molecule has 0 atom stereocenters. The van der Waals surface area contributed by atoms with Crippen molar-refractivity contribution in [3.8, 4) is 22.3 Å². The summed E-state index contributed by atoms with van der Waals surface area (Å²) in [7, 11) is 2.15. The first-order chi connectivity index (χ1) is 13.9. The highest BCUT2D eigenvalue weighted by Gasteiger charge is 2.13. The van der Waals surface area contributed by atoms with E-state index in [0.29, 0.717) is 16.9 Å². The van der Waals surface area contributed by atoms with Crippen molar-refractivity contribution in [2.24, 2.45) is 5.92 Å². The first kappa shape index (κ1) is 21.5. The summed E-state index contributed by atoms with van der Waals surface area (Å²) in [5.41, 5.74) is 4.65. The van der Waals surface area contributed by atoms with Gasteiger partial charge in [0.05, 0.1) is 11.8 Å². The van der Waals surface area contributed by atoms with Crippen LogP contribution < -0.4 is 4.74 Å². The lowest BCUT2D eigenvalue weighted by molar-refractivity contribution is 0.357. The number of likely N-dealkylation sites (N-methyl/N-ethyl adjacent to an activating group) is 1. The van der Waals surface area contributed by atoms with Gasteiger partial charge in [0.2, 0.25) is 0 Å². The summed E-state index contributed by atoms with van der Waals surface area (Å²) in [5, 5.41) is 4.95. The highest BCUT2D eigenvalue weighted by atomic mass is 32.1. The molecule has 156 valence electrons. The first-order valence-electron chi connectivity index (χ1n) is 10.2. The van der Waals surface area contributed by atoms with Crippen LogP contribution in [0.3, 0.4) is 0 Å². The SMILES string of the molecule is CCN(C)CCc1cc(C)c(Oc2nc(-c3cnn(CC(C)C)c3)ns2)cc1C. The standard InChI is InChI=1S/C22H31N5OS/c1-7-26(6)9-8-18-10-17(5)20(11-16(18)4)28-22-24-21(25-29-22)19-12-23-27(14-19)13-15(2)3/h10-12,14-15H,7-9,13H2,1-6H3. The monoisotopic (exact) mass is 413 g/mol. The lowest BCUT2D eigenvalue weighted by Gasteiger charge is -2.16. The Kier molecular flexibility index (Phi) is 7.03. The van der Waals surface area contributed by atoms with Crippen LogP contribution in [0.4, 0.5) is 0 Å². The van der Waals surface area contributed by atoms with Gasteiger partial charge in [-0.3, -0.25) is 4.68 Å². The molecule has 3 rings (SSSR count). The molecule has 0 unspecified atom stereocenters. The second kappa shape index (κ2) is 9.50. The minimum atomic E-state index is 0.543. The number of ether oxygens (including phenoxy) is 1. The van der Waals surface area contributed by atoms with Crippen LogP contribution in [0.1, 0.15) is 37.5 Å². The van der Waals surface area contributed by atoms with Crippen LogP contribution in [0.2, 0.25) is 0 Å². The Morgan fingerprint density at radius 1 is 1.21 bits per heavy atom. The fraction of sp³-hybridized carbons (Fsp3) is 0.500. The van der Waals surface area contributed by atoms with Crippen molar-refractivity contribution < 1.29 is 4.74 Å². The molecule has 1 aromatic carbocycles. The number of aryl methyl sites for hydroxylation is 2. The van der Waals surface area contributed by atoms with E-state index in [0.717, 1.165) is 42.9 Å². The molecule has 0 aliphatic carbocycles. The zero-order chi connectivity index (χ0) is 21.0. The van der Waals surface area contributed by atoms with E-state index in [9.17, 15) is 0 Å². The number of aromatic nitrogens is 4. The second-order valence-corrected chi connectivity index (χ2v) is 8.74. The maximum Gasteiger partial charge on any atom is 0.299 e. The van der Waals surface area contributed by atoms with Crippen LogP contribution in [0.25, 0.3) is 11.4 Å². The highest BCUT2D eigenvalue weighted by Crippen LogP contribution is 2.31. The molecule has 0 bridgehead atoms. The Hall–Kier alpha value is -2.25. The molecule has 29 heavy (non-hydrogen) atoms.